The monoisotopic (exact) mass is 326 g/mol. The van der Waals surface area contributed by atoms with Crippen LogP contribution in [0.15, 0.2) is 23.1 Å². The van der Waals surface area contributed by atoms with E-state index >= 15 is 0 Å². The first-order chi connectivity index (χ1) is 7.98. The minimum atomic E-state index is -4.21. The Morgan fingerprint density at radius 2 is 2.00 bits per heavy atom. The van der Waals surface area contributed by atoms with Crippen LogP contribution in [0.1, 0.15) is 24.5 Å². The second-order valence-corrected chi connectivity index (χ2v) is 5.49. The summed E-state index contributed by atoms with van der Waals surface area (Å²) in [6.07, 6.45) is 2.39. The highest BCUT2D eigenvalue weighted by Gasteiger charge is 2.30. The van der Waals surface area contributed by atoms with Gasteiger partial charge < -0.3 is 0 Å². The van der Waals surface area contributed by atoms with Crippen LogP contribution in [0.5, 0.6) is 0 Å². The molecule has 0 saturated carbocycles. The van der Waals surface area contributed by atoms with E-state index in [1.807, 2.05) is 13.0 Å². The van der Waals surface area contributed by atoms with Crippen LogP contribution in [0, 0.1) is 0 Å². The van der Waals surface area contributed by atoms with Gasteiger partial charge >= 0.3 is 5.51 Å². The Balaban J connectivity index is 2.97. The van der Waals surface area contributed by atoms with E-state index in [9.17, 15) is 13.2 Å². The number of thioether (sulfide) groups is 1. The third-order valence-corrected chi connectivity index (χ3v) is 3.78. The average molecular weight is 327 g/mol. The maximum atomic E-state index is 12.4. The zero-order chi connectivity index (χ0) is 12.9. The minimum Gasteiger partial charge on any atom is -0.160 e. The topological polar surface area (TPSA) is 0 Å². The lowest BCUT2D eigenvalue weighted by atomic mass is 10.0. The summed E-state index contributed by atoms with van der Waals surface area (Å²) in [7, 11) is 0. The summed E-state index contributed by atoms with van der Waals surface area (Å²) in [6.45, 7) is 1.90. The van der Waals surface area contributed by atoms with Gasteiger partial charge in [-0.1, -0.05) is 35.0 Å². The standard InChI is InChI=1S/C12H14BrF3S/c1-2-10-9(6-4-8-13)5-3-7-11(10)17-12(14,15)16/h3,5,7H,2,4,6,8H2,1H3. The molecule has 0 aliphatic rings. The predicted molar refractivity (Wildman–Crippen MR) is 69.8 cm³/mol. The second-order valence-electron chi connectivity index (χ2n) is 3.59. The maximum Gasteiger partial charge on any atom is 0.446 e. The van der Waals surface area contributed by atoms with E-state index in [0.717, 1.165) is 29.3 Å². The Hall–Kier alpha value is -0.160. The summed E-state index contributed by atoms with van der Waals surface area (Å²) >= 11 is 3.32. The molecule has 0 saturated heterocycles. The first-order valence-electron chi connectivity index (χ1n) is 5.40. The number of halogens is 4. The van der Waals surface area contributed by atoms with Gasteiger partial charge in [0.2, 0.25) is 0 Å². The molecule has 17 heavy (non-hydrogen) atoms. The van der Waals surface area contributed by atoms with Crippen molar-refractivity contribution in [1.82, 2.24) is 0 Å². The molecule has 0 unspecified atom stereocenters. The molecule has 0 spiro atoms. The summed E-state index contributed by atoms with van der Waals surface area (Å²) in [4.78, 5) is 0.340. The van der Waals surface area contributed by atoms with Gasteiger partial charge in [-0.2, -0.15) is 13.2 Å². The summed E-state index contributed by atoms with van der Waals surface area (Å²) < 4.78 is 37.2. The molecule has 1 aromatic carbocycles. The van der Waals surface area contributed by atoms with E-state index in [2.05, 4.69) is 15.9 Å². The average Bonchev–Trinajstić information content (AvgIpc) is 2.24. The Kier molecular flexibility index (Phi) is 5.86. The second kappa shape index (κ2) is 6.69. The molecule has 5 heteroatoms. The summed E-state index contributed by atoms with van der Waals surface area (Å²) in [5.41, 5.74) is -2.35. The Morgan fingerprint density at radius 3 is 2.53 bits per heavy atom. The van der Waals surface area contributed by atoms with Crippen molar-refractivity contribution in [2.75, 3.05) is 5.33 Å². The van der Waals surface area contributed by atoms with Crippen molar-refractivity contribution in [3.8, 4) is 0 Å². The maximum absolute atomic E-state index is 12.4. The molecule has 0 aliphatic heterocycles. The van der Waals surface area contributed by atoms with E-state index in [0.29, 0.717) is 11.3 Å². The van der Waals surface area contributed by atoms with E-state index in [1.54, 1.807) is 12.1 Å². The lowest BCUT2D eigenvalue weighted by molar-refractivity contribution is -0.0328. The molecule has 0 bridgehead atoms. The summed E-state index contributed by atoms with van der Waals surface area (Å²) in [5.74, 6) is 0. The molecule has 0 aliphatic carbocycles. The Morgan fingerprint density at radius 1 is 1.29 bits per heavy atom. The zero-order valence-corrected chi connectivity index (χ0v) is 11.9. The van der Waals surface area contributed by atoms with Crippen LogP contribution in [0.3, 0.4) is 0 Å². The molecule has 0 aromatic heterocycles. The van der Waals surface area contributed by atoms with Crippen LogP contribution in [0.4, 0.5) is 13.2 Å². The van der Waals surface area contributed by atoms with Crippen LogP contribution in [0.25, 0.3) is 0 Å². The van der Waals surface area contributed by atoms with E-state index < -0.39 is 5.51 Å². The molecular weight excluding hydrogens is 313 g/mol. The molecule has 0 heterocycles. The zero-order valence-electron chi connectivity index (χ0n) is 9.48. The first kappa shape index (κ1) is 14.9. The molecule has 1 rings (SSSR count). The third-order valence-electron chi connectivity index (χ3n) is 2.39. The molecule has 0 fully saturated rings. The van der Waals surface area contributed by atoms with Gasteiger partial charge in [0.05, 0.1) is 0 Å². The molecule has 0 N–H and O–H groups in total. The SMILES string of the molecule is CCc1c(CCCBr)cccc1SC(F)(F)F. The van der Waals surface area contributed by atoms with E-state index in [-0.39, 0.29) is 11.8 Å². The largest absolute Gasteiger partial charge is 0.446 e. The molecule has 0 nitrogen and oxygen atoms in total. The first-order valence-corrected chi connectivity index (χ1v) is 7.34. The summed E-state index contributed by atoms with van der Waals surface area (Å²) in [6, 6.07) is 5.17. The number of aryl methyl sites for hydroxylation is 1. The molecule has 96 valence electrons. The van der Waals surface area contributed by atoms with Crippen molar-refractivity contribution in [3.63, 3.8) is 0 Å². The Labute approximate surface area is 112 Å². The number of rotatable bonds is 5. The van der Waals surface area contributed by atoms with Gasteiger partial charge in [0.25, 0.3) is 0 Å². The van der Waals surface area contributed by atoms with Crippen molar-refractivity contribution in [2.24, 2.45) is 0 Å². The number of hydrogen-bond acceptors (Lipinski definition) is 1. The van der Waals surface area contributed by atoms with E-state index in [1.165, 1.54) is 0 Å². The minimum absolute atomic E-state index is 0.0121. The third kappa shape index (κ3) is 4.92. The van der Waals surface area contributed by atoms with Crippen molar-refractivity contribution in [3.05, 3.63) is 29.3 Å². The van der Waals surface area contributed by atoms with E-state index in [4.69, 9.17) is 0 Å². The van der Waals surface area contributed by atoms with Crippen LogP contribution in [0.2, 0.25) is 0 Å². The fourth-order valence-electron chi connectivity index (χ4n) is 1.72. The van der Waals surface area contributed by atoms with Crippen LogP contribution in [-0.4, -0.2) is 10.8 Å². The molecule has 0 atom stereocenters. The summed E-state index contributed by atoms with van der Waals surface area (Å²) in [5, 5.41) is 0.868. The lowest BCUT2D eigenvalue weighted by Gasteiger charge is -2.14. The Bertz CT molecular complexity index is 363. The van der Waals surface area contributed by atoms with Gasteiger partial charge in [0, 0.05) is 10.2 Å². The van der Waals surface area contributed by atoms with Crippen LogP contribution < -0.4 is 0 Å². The number of alkyl halides is 4. The highest BCUT2D eigenvalue weighted by Crippen LogP contribution is 2.39. The normalized spacial score (nSPS) is 11.8. The predicted octanol–water partition coefficient (Wildman–Crippen LogP) is 5.19. The molecular formula is C12H14BrF3S. The molecule has 1 aromatic rings. The van der Waals surface area contributed by atoms with Gasteiger partial charge in [0.1, 0.15) is 0 Å². The van der Waals surface area contributed by atoms with Crippen molar-refractivity contribution in [1.29, 1.82) is 0 Å². The highest BCUT2D eigenvalue weighted by molar-refractivity contribution is 9.09. The van der Waals surface area contributed by atoms with Crippen molar-refractivity contribution >= 4 is 27.7 Å². The van der Waals surface area contributed by atoms with Crippen molar-refractivity contribution in [2.45, 2.75) is 36.6 Å². The highest BCUT2D eigenvalue weighted by atomic mass is 79.9. The smallest absolute Gasteiger partial charge is 0.160 e. The number of hydrogen-bond donors (Lipinski definition) is 0. The molecule has 0 radical (unpaired) electrons. The fraction of sp³-hybridized carbons (Fsp3) is 0.500. The number of benzene rings is 1. The molecule has 0 amide bonds. The quantitative estimate of drug-likeness (QED) is 0.530. The van der Waals surface area contributed by atoms with Crippen LogP contribution >= 0.6 is 27.7 Å². The van der Waals surface area contributed by atoms with Gasteiger partial charge in [-0.3, -0.25) is 0 Å². The van der Waals surface area contributed by atoms with Crippen LogP contribution in [-0.2, 0) is 12.8 Å². The fourth-order valence-corrected chi connectivity index (χ4v) is 2.80. The van der Waals surface area contributed by atoms with Gasteiger partial charge in [-0.05, 0) is 48.2 Å². The van der Waals surface area contributed by atoms with Gasteiger partial charge in [-0.25, -0.2) is 0 Å². The van der Waals surface area contributed by atoms with Gasteiger partial charge in [-0.15, -0.1) is 0 Å². The van der Waals surface area contributed by atoms with Crippen molar-refractivity contribution < 1.29 is 13.2 Å². The van der Waals surface area contributed by atoms with Gasteiger partial charge in [0.15, 0.2) is 0 Å². The lowest BCUT2D eigenvalue weighted by Crippen LogP contribution is -2.03.